The topological polar surface area (TPSA) is 68.3 Å². The molecule has 3 aromatic rings. The number of ether oxygens (including phenoxy) is 1. The van der Waals surface area contributed by atoms with E-state index in [1.54, 1.807) is 6.07 Å². The van der Waals surface area contributed by atoms with Gasteiger partial charge in [-0.3, -0.25) is 4.79 Å². The molecular weight excluding hydrogens is 340 g/mol. The van der Waals surface area contributed by atoms with Crippen molar-refractivity contribution in [3.8, 4) is 0 Å². The summed E-state index contributed by atoms with van der Waals surface area (Å²) >= 11 is 0. The molecule has 0 fully saturated rings. The second kappa shape index (κ2) is 8.94. The van der Waals surface area contributed by atoms with Crippen LogP contribution in [0.25, 0.3) is 10.9 Å². The van der Waals surface area contributed by atoms with Gasteiger partial charge in [-0.15, -0.1) is 0 Å². The van der Waals surface area contributed by atoms with Gasteiger partial charge < -0.3 is 10.1 Å². The van der Waals surface area contributed by atoms with E-state index in [2.05, 4.69) is 22.4 Å². The second-order valence-electron chi connectivity index (χ2n) is 6.46. The number of esters is 1. The molecular formula is C22H22N2O3. The molecule has 0 bridgehead atoms. The number of hydrogen-bond donors (Lipinski definition) is 1. The van der Waals surface area contributed by atoms with Gasteiger partial charge in [-0.2, -0.15) is 0 Å². The van der Waals surface area contributed by atoms with Crippen LogP contribution in [0.4, 0.5) is 0 Å². The zero-order chi connectivity index (χ0) is 19.1. The van der Waals surface area contributed by atoms with Gasteiger partial charge in [0.05, 0.1) is 5.52 Å². The van der Waals surface area contributed by atoms with Crippen molar-refractivity contribution in [3.05, 3.63) is 78.0 Å². The van der Waals surface area contributed by atoms with Crippen LogP contribution in [0.3, 0.4) is 0 Å². The molecule has 0 aliphatic carbocycles. The Labute approximate surface area is 158 Å². The van der Waals surface area contributed by atoms with Crippen molar-refractivity contribution < 1.29 is 14.3 Å². The molecule has 27 heavy (non-hydrogen) atoms. The van der Waals surface area contributed by atoms with Crippen molar-refractivity contribution in [2.24, 2.45) is 0 Å². The van der Waals surface area contributed by atoms with Crippen LogP contribution in [-0.2, 0) is 16.0 Å². The summed E-state index contributed by atoms with van der Waals surface area (Å²) in [6.45, 7) is 1.62. The first kappa shape index (κ1) is 18.6. The maximum atomic E-state index is 12.1. The lowest BCUT2D eigenvalue weighted by Gasteiger charge is -2.14. The number of carbonyl (C=O) groups excluding carboxylic acids is 2. The van der Waals surface area contributed by atoms with Crippen LogP contribution in [0.2, 0.25) is 0 Å². The van der Waals surface area contributed by atoms with Crippen LogP contribution in [0.5, 0.6) is 0 Å². The van der Waals surface area contributed by atoms with Crippen LogP contribution in [0.15, 0.2) is 66.7 Å². The Kier molecular flexibility index (Phi) is 6.15. The summed E-state index contributed by atoms with van der Waals surface area (Å²) in [4.78, 5) is 28.4. The summed E-state index contributed by atoms with van der Waals surface area (Å²) in [7, 11) is 0. The van der Waals surface area contributed by atoms with Gasteiger partial charge in [0.15, 0.2) is 6.61 Å². The third kappa shape index (κ3) is 5.38. The van der Waals surface area contributed by atoms with Gasteiger partial charge in [0.2, 0.25) is 0 Å². The minimum Gasteiger partial charge on any atom is -0.451 e. The summed E-state index contributed by atoms with van der Waals surface area (Å²) in [6, 6.07) is 21.0. The standard InChI is InChI=1S/C22H22N2O3/c1-16(11-12-17-7-3-2-4-8-17)23-21(25)15-27-22(26)20-14-13-18-9-5-6-10-19(18)24-20/h2-10,13-14,16H,11-12,15H2,1H3,(H,23,25)/t16-/m1/s1. The normalized spacial score (nSPS) is 11.7. The van der Waals surface area contributed by atoms with Gasteiger partial charge in [-0.25, -0.2) is 9.78 Å². The van der Waals surface area contributed by atoms with Gasteiger partial charge in [0.1, 0.15) is 5.69 Å². The molecule has 0 unspecified atom stereocenters. The lowest BCUT2D eigenvalue weighted by atomic mass is 10.1. The van der Waals surface area contributed by atoms with Crippen LogP contribution in [0.1, 0.15) is 29.4 Å². The van der Waals surface area contributed by atoms with Crippen molar-refractivity contribution in [2.75, 3.05) is 6.61 Å². The van der Waals surface area contributed by atoms with Gasteiger partial charge in [-0.05, 0) is 37.5 Å². The number of amides is 1. The van der Waals surface area contributed by atoms with Crippen LogP contribution >= 0.6 is 0 Å². The molecule has 0 radical (unpaired) electrons. The van der Waals surface area contributed by atoms with E-state index in [0.717, 1.165) is 18.2 Å². The number of nitrogens with zero attached hydrogens (tertiary/aromatic N) is 1. The largest absolute Gasteiger partial charge is 0.451 e. The fourth-order valence-electron chi connectivity index (χ4n) is 2.80. The number of rotatable bonds is 7. The highest BCUT2D eigenvalue weighted by atomic mass is 16.5. The summed E-state index contributed by atoms with van der Waals surface area (Å²) < 4.78 is 5.09. The third-order valence-electron chi connectivity index (χ3n) is 4.26. The Hall–Kier alpha value is -3.21. The number of benzene rings is 2. The fraction of sp³-hybridized carbons (Fsp3) is 0.227. The number of nitrogens with one attached hydrogen (secondary N) is 1. The van der Waals surface area contributed by atoms with E-state index in [1.165, 1.54) is 5.56 Å². The summed E-state index contributed by atoms with van der Waals surface area (Å²) in [6.07, 6.45) is 1.69. The highest BCUT2D eigenvalue weighted by molar-refractivity contribution is 5.92. The van der Waals surface area contributed by atoms with Crippen LogP contribution in [0, 0.1) is 0 Å². The van der Waals surface area contributed by atoms with E-state index in [1.807, 2.05) is 55.5 Å². The van der Waals surface area contributed by atoms with Crippen molar-refractivity contribution >= 4 is 22.8 Å². The SMILES string of the molecule is C[C@H](CCc1ccccc1)NC(=O)COC(=O)c1ccc2ccccc2n1. The number of aromatic nitrogens is 1. The van der Waals surface area contributed by atoms with E-state index in [4.69, 9.17) is 4.74 Å². The van der Waals surface area contributed by atoms with E-state index >= 15 is 0 Å². The predicted octanol–water partition coefficient (Wildman–Crippen LogP) is 3.53. The van der Waals surface area contributed by atoms with E-state index in [-0.39, 0.29) is 24.2 Å². The molecule has 5 nitrogen and oxygen atoms in total. The van der Waals surface area contributed by atoms with Gasteiger partial charge in [0, 0.05) is 11.4 Å². The number of aryl methyl sites for hydroxylation is 1. The number of fused-ring (bicyclic) bond motifs is 1. The number of hydrogen-bond acceptors (Lipinski definition) is 4. The Morgan fingerprint density at radius 3 is 2.56 bits per heavy atom. The molecule has 1 amide bonds. The highest BCUT2D eigenvalue weighted by Gasteiger charge is 2.13. The Bertz CT molecular complexity index is 925. The fourth-order valence-corrected chi connectivity index (χ4v) is 2.80. The van der Waals surface area contributed by atoms with Gasteiger partial charge in [-0.1, -0.05) is 54.6 Å². The predicted molar refractivity (Wildman–Crippen MR) is 104 cm³/mol. The maximum absolute atomic E-state index is 12.1. The number of para-hydroxylation sites is 1. The monoisotopic (exact) mass is 362 g/mol. The summed E-state index contributed by atoms with van der Waals surface area (Å²) in [5.41, 5.74) is 2.14. The van der Waals surface area contributed by atoms with Crippen LogP contribution < -0.4 is 5.32 Å². The zero-order valence-corrected chi connectivity index (χ0v) is 15.2. The Morgan fingerprint density at radius 2 is 1.74 bits per heavy atom. The molecule has 0 aliphatic heterocycles. The Morgan fingerprint density at radius 1 is 1.00 bits per heavy atom. The molecule has 0 saturated heterocycles. The first-order valence-electron chi connectivity index (χ1n) is 8.98. The number of carbonyl (C=O) groups is 2. The molecule has 0 spiro atoms. The second-order valence-corrected chi connectivity index (χ2v) is 6.46. The highest BCUT2D eigenvalue weighted by Crippen LogP contribution is 2.12. The lowest BCUT2D eigenvalue weighted by Crippen LogP contribution is -2.36. The van der Waals surface area contributed by atoms with E-state index in [0.29, 0.717) is 5.52 Å². The minimum absolute atomic E-state index is 0.00444. The summed E-state index contributed by atoms with van der Waals surface area (Å²) in [5.74, 6) is -0.919. The lowest BCUT2D eigenvalue weighted by molar-refractivity contribution is -0.124. The molecule has 1 heterocycles. The summed E-state index contributed by atoms with van der Waals surface area (Å²) in [5, 5.41) is 3.79. The molecule has 0 saturated carbocycles. The maximum Gasteiger partial charge on any atom is 0.357 e. The van der Waals surface area contributed by atoms with Crippen molar-refractivity contribution in [1.29, 1.82) is 0 Å². The molecule has 1 aromatic heterocycles. The van der Waals surface area contributed by atoms with Crippen molar-refractivity contribution in [3.63, 3.8) is 0 Å². The van der Waals surface area contributed by atoms with Gasteiger partial charge in [0.25, 0.3) is 5.91 Å². The van der Waals surface area contributed by atoms with Gasteiger partial charge >= 0.3 is 5.97 Å². The average Bonchev–Trinajstić information content (AvgIpc) is 2.71. The molecule has 3 rings (SSSR count). The molecule has 1 N–H and O–H groups in total. The third-order valence-corrected chi connectivity index (χ3v) is 4.26. The quantitative estimate of drug-likeness (QED) is 0.653. The molecule has 1 atom stereocenters. The molecule has 138 valence electrons. The first-order chi connectivity index (χ1) is 13.1. The first-order valence-corrected chi connectivity index (χ1v) is 8.98. The van der Waals surface area contributed by atoms with Crippen molar-refractivity contribution in [2.45, 2.75) is 25.8 Å². The van der Waals surface area contributed by atoms with Crippen molar-refractivity contribution in [1.82, 2.24) is 10.3 Å². The number of pyridine rings is 1. The van der Waals surface area contributed by atoms with E-state index < -0.39 is 5.97 Å². The van der Waals surface area contributed by atoms with E-state index in [9.17, 15) is 9.59 Å². The minimum atomic E-state index is -0.604. The zero-order valence-electron chi connectivity index (χ0n) is 15.2. The molecule has 5 heteroatoms. The van der Waals surface area contributed by atoms with Crippen LogP contribution in [-0.4, -0.2) is 29.5 Å². The average molecular weight is 362 g/mol. The smallest absolute Gasteiger partial charge is 0.357 e. The molecule has 0 aliphatic rings. The molecule has 2 aromatic carbocycles. The Balaban J connectivity index is 1.45.